The fraction of sp³-hybridized carbons (Fsp3) is 0.214. The molecule has 0 atom stereocenters. The molecule has 1 amide bonds. The zero-order valence-corrected chi connectivity index (χ0v) is 9.73. The number of aliphatic hydroxyl groups is 1. The van der Waals surface area contributed by atoms with Crippen molar-refractivity contribution in [1.82, 2.24) is 5.32 Å². The van der Waals surface area contributed by atoms with Gasteiger partial charge in [0, 0.05) is 13.5 Å². The van der Waals surface area contributed by atoms with Crippen LogP contribution in [0.1, 0.15) is 18.1 Å². The summed E-state index contributed by atoms with van der Waals surface area (Å²) in [5.41, 5.74) is 1.92. The molecule has 0 saturated carbocycles. The maximum atomic E-state index is 10.9. The second-order valence-corrected chi connectivity index (χ2v) is 4.00. The van der Waals surface area contributed by atoms with Gasteiger partial charge >= 0.3 is 0 Å². The maximum Gasteiger partial charge on any atom is 0.217 e. The highest BCUT2D eigenvalue weighted by atomic mass is 16.3. The van der Waals surface area contributed by atoms with Crippen LogP contribution >= 0.6 is 0 Å². The Balaban J connectivity index is 2.50. The molecule has 2 aromatic rings. The predicted molar refractivity (Wildman–Crippen MR) is 67.4 cm³/mol. The van der Waals surface area contributed by atoms with Crippen LogP contribution in [0.3, 0.4) is 0 Å². The van der Waals surface area contributed by atoms with Gasteiger partial charge in [0.2, 0.25) is 5.91 Å². The largest absolute Gasteiger partial charge is 0.392 e. The Bertz CT molecular complexity index is 544. The monoisotopic (exact) mass is 229 g/mol. The lowest BCUT2D eigenvalue weighted by atomic mass is 9.99. The number of hydrogen-bond donors (Lipinski definition) is 2. The quantitative estimate of drug-likeness (QED) is 0.845. The van der Waals surface area contributed by atoms with E-state index < -0.39 is 0 Å². The number of aliphatic hydroxyl groups excluding tert-OH is 1. The van der Waals surface area contributed by atoms with Gasteiger partial charge in [0.05, 0.1) is 6.61 Å². The summed E-state index contributed by atoms with van der Waals surface area (Å²) in [5.74, 6) is -0.0523. The van der Waals surface area contributed by atoms with Gasteiger partial charge in [0.15, 0.2) is 0 Å². The zero-order chi connectivity index (χ0) is 12.3. The highest BCUT2D eigenvalue weighted by Gasteiger charge is 2.05. The standard InChI is InChI=1S/C14H15NO2/c1-10(17)15-8-12-6-2-4-11-5-3-7-13(9-16)14(11)12/h2-7,16H,8-9H2,1H3,(H,15,17). The molecule has 0 spiro atoms. The summed E-state index contributed by atoms with van der Waals surface area (Å²) in [4.78, 5) is 10.9. The first-order valence-electron chi connectivity index (χ1n) is 5.57. The summed E-state index contributed by atoms with van der Waals surface area (Å²) in [5, 5.41) is 14.3. The van der Waals surface area contributed by atoms with Crippen LogP contribution in [0.25, 0.3) is 10.8 Å². The van der Waals surface area contributed by atoms with Crippen LogP contribution in [0.2, 0.25) is 0 Å². The minimum absolute atomic E-state index is 0.00836. The van der Waals surface area contributed by atoms with E-state index in [0.29, 0.717) is 6.54 Å². The summed E-state index contributed by atoms with van der Waals surface area (Å²) in [6.45, 7) is 2.00. The number of amides is 1. The lowest BCUT2D eigenvalue weighted by molar-refractivity contribution is -0.119. The highest BCUT2D eigenvalue weighted by Crippen LogP contribution is 2.23. The summed E-state index contributed by atoms with van der Waals surface area (Å²) in [6.07, 6.45) is 0. The first kappa shape index (κ1) is 11.6. The van der Waals surface area contributed by atoms with Gasteiger partial charge in [-0.2, -0.15) is 0 Å². The molecule has 0 aromatic heterocycles. The van der Waals surface area contributed by atoms with Crippen molar-refractivity contribution in [3.63, 3.8) is 0 Å². The molecule has 88 valence electrons. The third kappa shape index (κ3) is 2.45. The van der Waals surface area contributed by atoms with Crippen LogP contribution in [-0.2, 0) is 17.9 Å². The minimum Gasteiger partial charge on any atom is -0.392 e. The van der Waals surface area contributed by atoms with E-state index in [9.17, 15) is 9.90 Å². The Labute approximate surface area is 100 Å². The molecule has 0 unspecified atom stereocenters. The molecule has 2 rings (SSSR count). The fourth-order valence-corrected chi connectivity index (χ4v) is 2.00. The number of hydrogen-bond acceptors (Lipinski definition) is 2. The molecule has 0 heterocycles. The van der Waals surface area contributed by atoms with Crippen molar-refractivity contribution >= 4 is 16.7 Å². The van der Waals surface area contributed by atoms with Crippen LogP contribution in [0.15, 0.2) is 36.4 Å². The molecule has 17 heavy (non-hydrogen) atoms. The molecule has 3 heteroatoms. The van der Waals surface area contributed by atoms with Crippen LogP contribution < -0.4 is 5.32 Å². The minimum atomic E-state index is -0.0523. The van der Waals surface area contributed by atoms with E-state index in [2.05, 4.69) is 5.32 Å². The summed E-state index contributed by atoms with van der Waals surface area (Å²) in [7, 11) is 0. The fourth-order valence-electron chi connectivity index (χ4n) is 2.00. The topological polar surface area (TPSA) is 49.3 Å². The van der Waals surface area contributed by atoms with Gasteiger partial charge in [0.1, 0.15) is 0 Å². The molecule has 0 bridgehead atoms. The van der Waals surface area contributed by atoms with Crippen molar-refractivity contribution in [2.75, 3.05) is 0 Å². The Morgan fingerprint density at radius 2 is 1.82 bits per heavy atom. The van der Waals surface area contributed by atoms with E-state index in [4.69, 9.17) is 0 Å². The third-order valence-electron chi connectivity index (χ3n) is 2.78. The first-order chi connectivity index (χ1) is 8.22. The molecule has 0 aliphatic heterocycles. The molecule has 3 nitrogen and oxygen atoms in total. The molecular weight excluding hydrogens is 214 g/mol. The molecule has 0 aliphatic carbocycles. The van der Waals surface area contributed by atoms with Crippen molar-refractivity contribution in [2.45, 2.75) is 20.1 Å². The Morgan fingerprint density at radius 1 is 1.18 bits per heavy atom. The number of nitrogens with one attached hydrogen (secondary N) is 1. The van der Waals surface area contributed by atoms with Gasteiger partial charge in [-0.05, 0) is 21.9 Å². The van der Waals surface area contributed by atoms with E-state index in [1.807, 2.05) is 36.4 Å². The van der Waals surface area contributed by atoms with E-state index in [-0.39, 0.29) is 12.5 Å². The summed E-state index contributed by atoms with van der Waals surface area (Å²) in [6, 6.07) is 11.8. The van der Waals surface area contributed by atoms with Gasteiger partial charge in [-0.1, -0.05) is 36.4 Å². The highest BCUT2D eigenvalue weighted by molar-refractivity contribution is 5.89. The van der Waals surface area contributed by atoms with Gasteiger partial charge in [-0.25, -0.2) is 0 Å². The van der Waals surface area contributed by atoms with Crippen LogP contribution in [0.4, 0.5) is 0 Å². The van der Waals surface area contributed by atoms with Gasteiger partial charge in [0.25, 0.3) is 0 Å². The summed E-state index contributed by atoms with van der Waals surface area (Å²) >= 11 is 0. The van der Waals surface area contributed by atoms with Crippen molar-refractivity contribution in [2.24, 2.45) is 0 Å². The number of rotatable bonds is 3. The van der Waals surface area contributed by atoms with Crippen molar-refractivity contribution in [1.29, 1.82) is 0 Å². The maximum absolute atomic E-state index is 10.9. The van der Waals surface area contributed by atoms with Gasteiger partial charge in [-0.15, -0.1) is 0 Å². The van der Waals surface area contributed by atoms with Crippen molar-refractivity contribution in [3.8, 4) is 0 Å². The van der Waals surface area contributed by atoms with Gasteiger partial charge in [-0.3, -0.25) is 4.79 Å². The Morgan fingerprint density at radius 3 is 2.41 bits per heavy atom. The van der Waals surface area contributed by atoms with Gasteiger partial charge < -0.3 is 10.4 Å². The molecule has 0 saturated heterocycles. The third-order valence-corrected chi connectivity index (χ3v) is 2.78. The Hall–Kier alpha value is -1.87. The molecule has 2 aromatic carbocycles. The lowest BCUT2D eigenvalue weighted by Gasteiger charge is -2.10. The lowest BCUT2D eigenvalue weighted by Crippen LogP contribution is -2.19. The van der Waals surface area contributed by atoms with Crippen molar-refractivity contribution < 1.29 is 9.90 Å². The number of carbonyl (C=O) groups excluding carboxylic acids is 1. The second-order valence-electron chi connectivity index (χ2n) is 4.00. The van der Waals surface area contributed by atoms with E-state index in [0.717, 1.165) is 21.9 Å². The SMILES string of the molecule is CC(=O)NCc1cccc2cccc(CO)c12. The van der Waals surface area contributed by atoms with E-state index in [1.165, 1.54) is 6.92 Å². The molecule has 0 fully saturated rings. The number of benzene rings is 2. The van der Waals surface area contributed by atoms with E-state index >= 15 is 0 Å². The second kappa shape index (κ2) is 4.97. The molecule has 2 N–H and O–H groups in total. The Kier molecular flexibility index (Phi) is 3.40. The average Bonchev–Trinajstić information content (AvgIpc) is 2.35. The number of fused-ring (bicyclic) bond motifs is 1. The van der Waals surface area contributed by atoms with E-state index in [1.54, 1.807) is 0 Å². The molecule has 0 radical (unpaired) electrons. The number of carbonyl (C=O) groups is 1. The van der Waals surface area contributed by atoms with Crippen LogP contribution in [0.5, 0.6) is 0 Å². The van der Waals surface area contributed by atoms with Crippen LogP contribution in [0, 0.1) is 0 Å². The van der Waals surface area contributed by atoms with Crippen molar-refractivity contribution in [3.05, 3.63) is 47.5 Å². The average molecular weight is 229 g/mol. The normalized spacial score (nSPS) is 10.5. The zero-order valence-electron chi connectivity index (χ0n) is 9.73. The van der Waals surface area contributed by atoms with Crippen LogP contribution in [-0.4, -0.2) is 11.0 Å². The summed E-state index contributed by atoms with van der Waals surface area (Å²) < 4.78 is 0. The molecule has 0 aliphatic rings. The first-order valence-corrected chi connectivity index (χ1v) is 5.57. The molecular formula is C14H15NO2. The smallest absolute Gasteiger partial charge is 0.217 e. The predicted octanol–water partition coefficient (Wildman–Crippen LogP) is 1.97.